The van der Waals surface area contributed by atoms with Crippen molar-refractivity contribution in [1.82, 2.24) is 10.6 Å². The number of rotatable bonds is 6. The van der Waals surface area contributed by atoms with Crippen molar-refractivity contribution in [2.75, 3.05) is 19.6 Å². The summed E-state index contributed by atoms with van der Waals surface area (Å²) in [5.74, 6) is 0.365. The first-order valence-corrected chi connectivity index (χ1v) is 8.32. The highest BCUT2D eigenvalue weighted by atomic mass is 16.6. The third kappa shape index (κ3) is 8.70. The highest BCUT2D eigenvalue weighted by Gasteiger charge is 2.15. The number of ether oxygens (including phenoxy) is 1. The molecule has 5 heteroatoms. The van der Waals surface area contributed by atoms with Gasteiger partial charge in [0.2, 0.25) is 0 Å². The van der Waals surface area contributed by atoms with E-state index in [4.69, 9.17) is 4.74 Å². The summed E-state index contributed by atoms with van der Waals surface area (Å²) in [7, 11) is 0. The SMILES string of the molecule is CCNC(=NCC(=O)OC(C)(C)C)NCCC1=CCCCC1. The topological polar surface area (TPSA) is 62.7 Å². The number of hydrogen-bond donors (Lipinski definition) is 2. The fourth-order valence-corrected chi connectivity index (χ4v) is 2.33. The molecule has 0 spiro atoms. The van der Waals surface area contributed by atoms with Crippen molar-refractivity contribution in [2.45, 2.75) is 65.4 Å². The van der Waals surface area contributed by atoms with Gasteiger partial charge in [-0.15, -0.1) is 0 Å². The number of hydrogen-bond acceptors (Lipinski definition) is 3. The lowest BCUT2D eigenvalue weighted by atomic mass is 9.97. The summed E-state index contributed by atoms with van der Waals surface area (Å²) in [4.78, 5) is 16.0. The van der Waals surface area contributed by atoms with Gasteiger partial charge in [-0.05, 0) is 59.8 Å². The number of nitrogens with zero attached hydrogens (tertiary/aromatic N) is 1. The molecule has 0 unspecified atom stereocenters. The molecule has 0 amide bonds. The summed E-state index contributed by atoms with van der Waals surface area (Å²) in [5.41, 5.74) is 1.06. The van der Waals surface area contributed by atoms with Crippen LogP contribution in [0.4, 0.5) is 0 Å². The molecule has 0 aromatic heterocycles. The largest absolute Gasteiger partial charge is 0.459 e. The minimum absolute atomic E-state index is 0.0370. The van der Waals surface area contributed by atoms with E-state index in [-0.39, 0.29) is 12.5 Å². The van der Waals surface area contributed by atoms with Crippen molar-refractivity contribution in [3.63, 3.8) is 0 Å². The van der Waals surface area contributed by atoms with E-state index in [0.717, 1.165) is 19.5 Å². The molecule has 22 heavy (non-hydrogen) atoms. The van der Waals surface area contributed by atoms with Crippen molar-refractivity contribution in [1.29, 1.82) is 0 Å². The lowest BCUT2D eigenvalue weighted by molar-refractivity contribution is -0.152. The number of guanidine groups is 1. The first-order valence-electron chi connectivity index (χ1n) is 8.32. The zero-order chi connectivity index (χ0) is 16.4. The van der Waals surface area contributed by atoms with Crippen LogP contribution < -0.4 is 10.6 Å². The number of nitrogens with one attached hydrogen (secondary N) is 2. The van der Waals surface area contributed by atoms with Gasteiger partial charge in [0.05, 0.1) is 0 Å². The molecule has 2 N–H and O–H groups in total. The maximum atomic E-state index is 11.7. The van der Waals surface area contributed by atoms with Gasteiger partial charge in [-0.2, -0.15) is 0 Å². The van der Waals surface area contributed by atoms with Gasteiger partial charge >= 0.3 is 5.97 Å². The fourth-order valence-electron chi connectivity index (χ4n) is 2.33. The van der Waals surface area contributed by atoms with E-state index >= 15 is 0 Å². The lowest BCUT2D eigenvalue weighted by Gasteiger charge is -2.19. The molecular formula is C17H31N3O2. The van der Waals surface area contributed by atoms with Crippen LogP contribution in [0.25, 0.3) is 0 Å². The second-order valence-corrected chi connectivity index (χ2v) is 6.57. The standard InChI is InChI=1S/C17H31N3O2/c1-5-18-16(20-13-15(21)22-17(2,3)4)19-12-11-14-9-7-6-8-10-14/h9H,5-8,10-13H2,1-4H3,(H2,18,19,20). The highest BCUT2D eigenvalue weighted by Crippen LogP contribution is 2.19. The van der Waals surface area contributed by atoms with Crippen LogP contribution in [-0.2, 0) is 9.53 Å². The Balaban J connectivity index is 2.38. The molecule has 1 aliphatic carbocycles. The van der Waals surface area contributed by atoms with Crippen LogP contribution in [0.5, 0.6) is 0 Å². The first kappa shape index (κ1) is 18.5. The Morgan fingerprint density at radius 2 is 2.09 bits per heavy atom. The number of carbonyl (C=O) groups is 1. The van der Waals surface area contributed by atoms with E-state index in [1.165, 1.54) is 31.3 Å². The average molecular weight is 309 g/mol. The lowest BCUT2D eigenvalue weighted by Crippen LogP contribution is -2.38. The van der Waals surface area contributed by atoms with Crippen molar-refractivity contribution in [3.05, 3.63) is 11.6 Å². The molecule has 0 aliphatic heterocycles. The molecule has 5 nitrogen and oxygen atoms in total. The molecule has 0 aromatic rings. The maximum Gasteiger partial charge on any atom is 0.328 e. The number of allylic oxidation sites excluding steroid dienone is 1. The predicted molar refractivity (Wildman–Crippen MR) is 91.0 cm³/mol. The number of aliphatic imine (C=N–C) groups is 1. The molecule has 0 atom stereocenters. The highest BCUT2D eigenvalue weighted by molar-refractivity contribution is 5.83. The van der Waals surface area contributed by atoms with Crippen molar-refractivity contribution in [3.8, 4) is 0 Å². The second-order valence-electron chi connectivity index (χ2n) is 6.57. The monoisotopic (exact) mass is 309 g/mol. The van der Waals surface area contributed by atoms with Crippen LogP contribution >= 0.6 is 0 Å². The average Bonchev–Trinajstić information content (AvgIpc) is 2.44. The van der Waals surface area contributed by atoms with Gasteiger partial charge in [0.15, 0.2) is 5.96 Å². The number of esters is 1. The Kier molecular flexibility index (Phi) is 7.99. The summed E-state index contributed by atoms with van der Waals surface area (Å²) >= 11 is 0. The number of carbonyl (C=O) groups excluding carboxylic acids is 1. The summed E-state index contributed by atoms with van der Waals surface area (Å²) in [5, 5.41) is 6.43. The molecular weight excluding hydrogens is 278 g/mol. The predicted octanol–water partition coefficient (Wildman–Crippen LogP) is 2.77. The van der Waals surface area contributed by atoms with E-state index in [0.29, 0.717) is 5.96 Å². The molecule has 0 radical (unpaired) electrons. The van der Waals surface area contributed by atoms with Gasteiger partial charge in [-0.3, -0.25) is 4.79 Å². The quantitative estimate of drug-likeness (QED) is 0.343. The zero-order valence-corrected chi connectivity index (χ0v) is 14.5. The van der Waals surface area contributed by atoms with Gasteiger partial charge in [-0.1, -0.05) is 11.6 Å². The molecule has 1 rings (SSSR count). The zero-order valence-electron chi connectivity index (χ0n) is 14.5. The van der Waals surface area contributed by atoms with E-state index in [9.17, 15) is 4.79 Å². The van der Waals surface area contributed by atoms with Crippen LogP contribution in [0.2, 0.25) is 0 Å². The van der Waals surface area contributed by atoms with E-state index in [1.807, 2.05) is 27.7 Å². The third-order valence-electron chi connectivity index (χ3n) is 3.25. The molecule has 0 bridgehead atoms. The second kappa shape index (κ2) is 9.49. The van der Waals surface area contributed by atoms with Gasteiger partial charge in [0.1, 0.15) is 12.1 Å². The van der Waals surface area contributed by atoms with Gasteiger partial charge in [-0.25, -0.2) is 4.99 Å². The van der Waals surface area contributed by atoms with Crippen molar-refractivity contribution in [2.24, 2.45) is 4.99 Å². The Morgan fingerprint density at radius 3 is 2.68 bits per heavy atom. The minimum Gasteiger partial charge on any atom is -0.459 e. The molecule has 126 valence electrons. The molecule has 0 heterocycles. The van der Waals surface area contributed by atoms with E-state index in [1.54, 1.807) is 0 Å². The van der Waals surface area contributed by atoms with Gasteiger partial charge < -0.3 is 15.4 Å². The minimum atomic E-state index is -0.466. The Labute approximate surface area is 134 Å². The van der Waals surface area contributed by atoms with E-state index < -0.39 is 5.60 Å². The van der Waals surface area contributed by atoms with Crippen molar-refractivity contribution >= 4 is 11.9 Å². The van der Waals surface area contributed by atoms with Crippen LogP contribution in [0.3, 0.4) is 0 Å². The third-order valence-corrected chi connectivity index (χ3v) is 3.25. The summed E-state index contributed by atoms with van der Waals surface area (Å²) < 4.78 is 5.26. The smallest absolute Gasteiger partial charge is 0.328 e. The van der Waals surface area contributed by atoms with Crippen LogP contribution in [-0.4, -0.2) is 37.2 Å². The normalized spacial score (nSPS) is 16.0. The van der Waals surface area contributed by atoms with Gasteiger partial charge in [0, 0.05) is 13.1 Å². The summed E-state index contributed by atoms with van der Waals surface area (Å²) in [6.45, 7) is 9.22. The van der Waals surface area contributed by atoms with Crippen molar-refractivity contribution < 1.29 is 9.53 Å². The Hall–Kier alpha value is -1.52. The first-order chi connectivity index (χ1) is 10.4. The van der Waals surface area contributed by atoms with E-state index in [2.05, 4.69) is 21.7 Å². The van der Waals surface area contributed by atoms with Crippen LogP contribution in [0.15, 0.2) is 16.6 Å². The molecule has 1 aliphatic rings. The molecule has 0 fully saturated rings. The van der Waals surface area contributed by atoms with Crippen LogP contribution in [0.1, 0.15) is 59.8 Å². The Bertz CT molecular complexity index is 409. The Morgan fingerprint density at radius 1 is 1.32 bits per heavy atom. The molecule has 0 saturated heterocycles. The fraction of sp³-hybridized carbons (Fsp3) is 0.765. The van der Waals surface area contributed by atoms with Crippen LogP contribution in [0, 0.1) is 0 Å². The summed E-state index contributed by atoms with van der Waals surface area (Å²) in [6, 6.07) is 0. The maximum absolute atomic E-state index is 11.7. The van der Waals surface area contributed by atoms with Gasteiger partial charge in [0.25, 0.3) is 0 Å². The summed E-state index contributed by atoms with van der Waals surface area (Å²) in [6.07, 6.45) is 8.44. The molecule has 0 aromatic carbocycles. The molecule has 0 saturated carbocycles.